The predicted molar refractivity (Wildman–Crippen MR) is 127 cm³/mol. The summed E-state index contributed by atoms with van der Waals surface area (Å²) in [6, 6.07) is 12.5. The van der Waals surface area contributed by atoms with Crippen molar-refractivity contribution in [1.82, 2.24) is 10.2 Å². The Kier molecular flexibility index (Phi) is 6.53. The van der Waals surface area contributed by atoms with Gasteiger partial charge in [-0.25, -0.2) is 0 Å². The molecular weight excluding hydrogens is 436 g/mol. The third kappa shape index (κ3) is 4.65. The summed E-state index contributed by atoms with van der Waals surface area (Å²) in [5.74, 6) is 0.608. The van der Waals surface area contributed by atoms with Gasteiger partial charge in [-0.3, -0.25) is 19.8 Å². The number of piperazine rings is 1. The van der Waals surface area contributed by atoms with Crippen LogP contribution in [0.4, 0.5) is 11.4 Å². The normalized spacial score (nSPS) is 19.6. The Morgan fingerprint density at radius 1 is 1.00 bits per heavy atom. The highest BCUT2D eigenvalue weighted by Gasteiger charge is 2.38. The molecule has 1 amide bonds. The largest absolute Gasteiger partial charge is 0.454 e. The van der Waals surface area contributed by atoms with Crippen LogP contribution in [0, 0.1) is 10.1 Å². The van der Waals surface area contributed by atoms with E-state index in [0.717, 1.165) is 44.5 Å². The van der Waals surface area contributed by atoms with Crippen molar-refractivity contribution >= 4 is 17.3 Å². The molecule has 3 aliphatic rings. The number of benzene rings is 2. The number of carbonyl (C=O) groups excluding carboxylic acids is 1. The number of nitro groups is 1. The number of ether oxygens (including phenoxy) is 2. The van der Waals surface area contributed by atoms with Crippen LogP contribution in [0.3, 0.4) is 0 Å². The highest BCUT2D eigenvalue weighted by atomic mass is 16.7. The second-order valence-electron chi connectivity index (χ2n) is 9.13. The zero-order chi connectivity index (χ0) is 23.5. The molecule has 2 aliphatic heterocycles. The van der Waals surface area contributed by atoms with Crippen molar-refractivity contribution in [3.8, 4) is 11.5 Å². The van der Waals surface area contributed by atoms with E-state index >= 15 is 0 Å². The molecule has 2 fully saturated rings. The van der Waals surface area contributed by atoms with Crippen LogP contribution < -0.4 is 19.7 Å². The number of nitrogens with one attached hydrogen (secondary N) is 1. The van der Waals surface area contributed by atoms with E-state index in [-0.39, 0.29) is 24.4 Å². The Balaban J connectivity index is 1.44. The van der Waals surface area contributed by atoms with Crippen LogP contribution in [0.1, 0.15) is 43.7 Å². The second-order valence-corrected chi connectivity index (χ2v) is 9.13. The molecule has 1 atom stereocenters. The third-order valence-electron chi connectivity index (χ3n) is 7.01. The van der Waals surface area contributed by atoms with Crippen molar-refractivity contribution in [3.63, 3.8) is 0 Å². The average molecular weight is 467 g/mol. The maximum absolute atomic E-state index is 13.7. The SMILES string of the molecule is O=C(NC1CCCCC1)[C@H](c1cc2c(cc1[N+](=O)[O-])OCO2)N1CCN(c2ccccc2)CC1. The molecule has 0 bridgehead atoms. The Morgan fingerprint density at radius 2 is 1.68 bits per heavy atom. The van der Waals surface area contributed by atoms with E-state index in [0.29, 0.717) is 30.2 Å². The molecule has 2 aromatic rings. The first kappa shape index (κ1) is 22.5. The van der Waals surface area contributed by atoms with Crippen LogP contribution in [0.2, 0.25) is 0 Å². The molecule has 1 saturated carbocycles. The van der Waals surface area contributed by atoms with Gasteiger partial charge in [0.1, 0.15) is 6.04 Å². The second kappa shape index (κ2) is 9.89. The summed E-state index contributed by atoms with van der Waals surface area (Å²) in [4.78, 5) is 29.6. The molecular formula is C25H30N4O5. The molecule has 2 heterocycles. The summed E-state index contributed by atoms with van der Waals surface area (Å²) in [6.45, 7) is 2.71. The van der Waals surface area contributed by atoms with Gasteiger partial charge in [-0.15, -0.1) is 0 Å². The smallest absolute Gasteiger partial charge is 0.278 e. The van der Waals surface area contributed by atoms with E-state index in [1.807, 2.05) is 18.2 Å². The lowest BCUT2D eigenvalue weighted by Crippen LogP contribution is -2.52. The number of fused-ring (bicyclic) bond motifs is 1. The van der Waals surface area contributed by atoms with Crippen molar-refractivity contribution in [3.05, 3.63) is 58.1 Å². The van der Waals surface area contributed by atoms with Gasteiger partial charge in [0.15, 0.2) is 11.5 Å². The summed E-state index contributed by atoms with van der Waals surface area (Å²) in [5, 5.41) is 15.2. The van der Waals surface area contributed by atoms with Crippen molar-refractivity contribution in [2.24, 2.45) is 0 Å². The first-order valence-electron chi connectivity index (χ1n) is 12.0. The summed E-state index contributed by atoms with van der Waals surface area (Å²) in [5.41, 5.74) is 1.38. The molecule has 0 radical (unpaired) electrons. The van der Waals surface area contributed by atoms with Crippen LogP contribution in [0.15, 0.2) is 42.5 Å². The lowest BCUT2D eigenvalue weighted by molar-refractivity contribution is -0.386. The van der Waals surface area contributed by atoms with E-state index in [4.69, 9.17) is 9.47 Å². The standard InChI is InChI=1S/C25H30N4O5/c30-25(26-18-7-3-1-4-8-18)24(20-15-22-23(34-17-33-22)16-21(20)29(31)32)28-13-11-27(12-14-28)19-9-5-2-6-10-19/h2,5-6,9-10,15-16,18,24H,1,3-4,7-8,11-14,17H2,(H,26,30)/t24-/m0/s1. The summed E-state index contributed by atoms with van der Waals surface area (Å²) in [7, 11) is 0. The van der Waals surface area contributed by atoms with Crippen molar-refractivity contribution in [2.45, 2.75) is 44.2 Å². The fourth-order valence-electron chi connectivity index (χ4n) is 5.23. The fourth-order valence-corrected chi connectivity index (χ4v) is 5.23. The van der Waals surface area contributed by atoms with Crippen LogP contribution in [0.5, 0.6) is 11.5 Å². The van der Waals surface area contributed by atoms with Gasteiger partial charge in [-0.05, 0) is 31.0 Å². The van der Waals surface area contributed by atoms with Crippen molar-refractivity contribution < 1.29 is 19.2 Å². The molecule has 2 aromatic carbocycles. The fraction of sp³-hybridized carbons (Fsp3) is 0.480. The number of nitrogens with zero attached hydrogens (tertiary/aromatic N) is 3. The number of anilines is 1. The van der Waals surface area contributed by atoms with E-state index in [9.17, 15) is 14.9 Å². The quantitative estimate of drug-likeness (QED) is 0.513. The minimum absolute atomic E-state index is 0.0185. The topological polar surface area (TPSA) is 97.2 Å². The minimum atomic E-state index is -0.769. The summed E-state index contributed by atoms with van der Waals surface area (Å²) < 4.78 is 10.9. The molecule has 5 rings (SSSR count). The summed E-state index contributed by atoms with van der Waals surface area (Å²) in [6.07, 6.45) is 5.27. The highest BCUT2D eigenvalue weighted by Crippen LogP contribution is 2.42. The van der Waals surface area contributed by atoms with Crippen LogP contribution in [0.25, 0.3) is 0 Å². The number of nitro benzene ring substituents is 1. The summed E-state index contributed by atoms with van der Waals surface area (Å²) >= 11 is 0. The first-order valence-corrected chi connectivity index (χ1v) is 12.0. The lowest BCUT2D eigenvalue weighted by atomic mass is 9.94. The van der Waals surface area contributed by atoms with E-state index in [1.165, 1.54) is 12.5 Å². The minimum Gasteiger partial charge on any atom is -0.454 e. The van der Waals surface area contributed by atoms with Gasteiger partial charge in [0.25, 0.3) is 5.69 Å². The Hall–Kier alpha value is -3.33. The molecule has 9 heteroatoms. The molecule has 180 valence electrons. The molecule has 34 heavy (non-hydrogen) atoms. The molecule has 1 saturated heterocycles. The lowest BCUT2D eigenvalue weighted by Gasteiger charge is -2.40. The Bertz CT molecular complexity index is 1030. The van der Waals surface area contributed by atoms with Crippen LogP contribution in [-0.4, -0.2) is 54.7 Å². The average Bonchev–Trinajstić information content (AvgIpc) is 3.33. The molecule has 1 N–H and O–H groups in total. The molecule has 0 unspecified atom stereocenters. The molecule has 0 aromatic heterocycles. The highest BCUT2D eigenvalue weighted by molar-refractivity contribution is 5.85. The number of amides is 1. The number of hydrogen-bond donors (Lipinski definition) is 1. The first-order chi connectivity index (χ1) is 16.6. The maximum Gasteiger partial charge on any atom is 0.278 e. The number of rotatable bonds is 6. The van der Waals surface area contributed by atoms with E-state index < -0.39 is 11.0 Å². The zero-order valence-electron chi connectivity index (χ0n) is 19.2. The maximum atomic E-state index is 13.7. The van der Waals surface area contributed by atoms with Crippen molar-refractivity contribution in [2.75, 3.05) is 37.9 Å². The van der Waals surface area contributed by atoms with Crippen molar-refractivity contribution in [1.29, 1.82) is 0 Å². The molecule has 9 nitrogen and oxygen atoms in total. The Labute approximate surface area is 198 Å². The molecule has 0 spiro atoms. The van der Waals surface area contributed by atoms with Gasteiger partial charge in [-0.1, -0.05) is 37.5 Å². The molecule has 1 aliphatic carbocycles. The monoisotopic (exact) mass is 466 g/mol. The van der Waals surface area contributed by atoms with Gasteiger partial charge < -0.3 is 19.7 Å². The third-order valence-corrected chi connectivity index (χ3v) is 7.01. The van der Waals surface area contributed by atoms with E-state index in [2.05, 4.69) is 27.2 Å². The van der Waals surface area contributed by atoms with Gasteiger partial charge in [0, 0.05) is 37.9 Å². The predicted octanol–water partition coefficient (Wildman–Crippen LogP) is 3.64. The van der Waals surface area contributed by atoms with Gasteiger partial charge in [-0.2, -0.15) is 0 Å². The zero-order valence-corrected chi connectivity index (χ0v) is 19.2. The van der Waals surface area contributed by atoms with Gasteiger partial charge >= 0.3 is 0 Å². The number of para-hydroxylation sites is 1. The van der Waals surface area contributed by atoms with Crippen LogP contribution >= 0.6 is 0 Å². The van der Waals surface area contributed by atoms with Crippen LogP contribution in [-0.2, 0) is 4.79 Å². The van der Waals surface area contributed by atoms with Gasteiger partial charge in [0.2, 0.25) is 12.7 Å². The van der Waals surface area contributed by atoms with E-state index in [1.54, 1.807) is 6.07 Å². The number of hydrogen-bond acceptors (Lipinski definition) is 7. The number of carbonyl (C=O) groups is 1. The Morgan fingerprint density at radius 3 is 2.35 bits per heavy atom. The van der Waals surface area contributed by atoms with Gasteiger partial charge in [0.05, 0.1) is 16.6 Å².